The van der Waals surface area contributed by atoms with Gasteiger partial charge in [0.1, 0.15) is 0 Å². The van der Waals surface area contributed by atoms with Gasteiger partial charge in [0.05, 0.1) is 0 Å². The summed E-state index contributed by atoms with van der Waals surface area (Å²) in [4.78, 5) is 0. The smallest absolute Gasteiger partial charge is 0 e. The summed E-state index contributed by atoms with van der Waals surface area (Å²) < 4.78 is 0. The number of aliphatic hydroxyl groups is 1. The molecule has 1 unspecified atom stereocenters. The molecule has 0 aromatic rings. The van der Waals surface area contributed by atoms with Gasteiger partial charge >= 0.3 is 0 Å². The van der Waals surface area contributed by atoms with Gasteiger partial charge in [-0.25, -0.2) is 6.61 Å². The van der Waals surface area contributed by atoms with Crippen LogP contribution in [0, 0.1) is 87.7 Å². The molecule has 0 saturated heterocycles. The van der Waals surface area contributed by atoms with E-state index in [0.717, 1.165) is 6.42 Å². The molecule has 1 radical (unpaired) electrons. The van der Waals surface area contributed by atoms with E-state index in [2.05, 4.69) is 0 Å². The Morgan fingerprint density at radius 3 is 2.00 bits per heavy atom. The van der Waals surface area contributed by atoms with E-state index >= 15 is 0 Å². The second kappa shape index (κ2) is 12.2. The number of hydrogen-bond acceptors (Lipinski definition) is 1. The van der Waals surface area contributed by atoms with Gasteiger partial charge in [0.2, 0.25) is 0 Å². The average molecular weight is 552 g/mol. The number of rotatable bonds is 2. The maximum absolute atomic E-state index is 8.21. The molecule has 1 nitrogen and oxygen atoms in total. The van der Waals surface area contributed by atoms with E-state index < -0.39 is 0 Å². The molecule has 3 heteroatoms. The zero-order chi connectivity index (χ0) is 4.99. The topological polar surface area (TPSA) is 20.2 Å². The SMILES string of the molecule is CCC(C)[CH-]O.[Ac].[U]. The first-order valence-electron chi connectivity index (χ1n) is 2.28. The van der Waals surface area contributed by atoms with E-state index in [1.165, 1.54) is 6.61 Å². The fourth-order valence-corrected chi connectivity index (χ4v) is 0.105. The molecular weight excluding hydrogens is 541 g/mol. The van der Waals surface area contributed by atoms with Gasteiger partial charge in [-0.15, -0.1) is 5.92 Å². The first-order chi connectivity index (χ1) is 2.81. The summed E-state index contributed by atoms with van der Waals surface area (Å²) >= 11 is 0. The van der Waals surface area contributed by atoms with Crippen LogP contribution in [0.4, 0.5) is 0 Å². The molecular formula is C5H11AcOU-. The van der Waals surface area contributed by atoms with Crippen molar-refractivity contribution < 1.29 is 80.3 Å². The zero-order valence-corrected chi connectivity index (χ0v) is 14.3. The van der Waals surface area contributed by atoms with Crippen LogP contribution in [0.2, 0.25) is 0 Å². The fraction of sp³-hybridized carbons (Fsp3) is 0.800. The summed E-state index contributed by atoms with van der Waals surface area (Å²) in [6.45, 7) is 5.23. The standard InChI is InChI=1S/C5H11O.Ac.U/c1-3-5(2)4-6;;/h4-6H,3H2,1-2H3;;/q-1;;. The molecule has 1 N–H and O–H groups in total. The summed E-state index contributed by atoms with van der Waals surface area (Å²) in [5, 5.41) is 8.21. The van der Waals surface area contributed by atoms with E-state index in [9.17, 15) is 0 Å². The van der Waals surface area contributed by atoms with Crippen LogP contribution in [0.15, 0.2) is 0 Å². The molecule has 0 aromatic heterocycles. The van der Waals surface area contributed by atoms with Gasteiger partial charge in [-0.3, -0.25) is 0 Å². The van der Waals surface area contributed by atoms with Crippen molar-refractivity contribution >= 4 is 0 Å². The molecule has 0 saturated carbocycles. The van der Waals surface area contributed by atoms with Gasteiger partial charge in [-0.05, 0) is 0 Å². The summed E-state index contributed by atoms with van der Waals surface area (Å²) in [6, 6.07) is 0. The third-order valence-corrected chi connectivity index (χ3v) is 0.898. The van der Waals surface area contributed by atoms with E-state index in [0.29, 0.717) is 5.92 Å². The van der Waals surface area contributed by atoms with Gasteiger partial charge in [0, 0.05) is 75.2 Å². The Bertz CT molecular complexity index is 31.6. The van der Waals surface area contributed by atoms with Crippen LogP contribution in [0.1, 0.15) is 20.3 Å². The van der Waals surface area contributed by atoms with Crippen LogP contribution < -0.4 is 0 Å². The molecule has 8 heavy (non-hydrogen) atoms. The van der Waals surface area contributed by atoms with E-state index in [1.54, 1.807) is 0 Å². The van der Waals surface area contributed by atoms with E-state index in [4.69, 9.17) is 5.11 Å². The quantitative estimate of drug-likeness (QED) is 0.517. The second-order valence-electron chi connectivity index (χ2n) is 1.53. The van der Waals surface area contributed by atoms with Crippen LogP contribution in [-0.4, -0.2) is 5.11 Å². The van der Waals surface area contributed by atoms with Crippen molar-refractivity contribution in [3.8, 4) is 0 Å². The Morgan fingerprint density at radius 2 is 2.00 bits per heavy atom. The van der Waals surface area contributed by atoms with Gasteiger partial charge < -0.3 is 5.11 Å². The molecule has 0 heterocycles. The van der Waals surface area contributed by atoms with Crippen molar-refractivity contribution in [3.63, 3.8) is 0 Å². The van der Waals surface area contributed by atoms with Crippen LogP contribution in [0.5, 0.6) is 0 Å². The van der Waals surface area contributed by atoms with Crippen LogP contribution in [0.25, 0.3) is 0 Å². The molecule has 0 fully saturated rings. The van der Waals surface area contributed by atoms with Gasteiger partial charge in [0.25, 0.3) is 0 Å². The molecule has 0 aliphatic rings. The predicted molar refractivity (Wildman–Crippen MR) is 25.7 cm³/mol. The minimum Gasteiger partial charge on any atom is -0.566 e. The largest absolute Gasteiger partial charge is 0.566 e. The Morgan fingerprint density at radius 1 is 1.62 bits per heavy atom. The summed E-state index contributed by atoms with van der Waals surface area (Å²) in [5.74, 6) is 0.366. The minimum atomic E-state index is 0. The number of hydrogen-bond donors (Lipinski definition) is 1. The second-order valence-corrected chi connectivity index (χ2v) is 1.53. The van der Waals surface area contributed by atoms with Gasteiger partial charge in [-0.1, -0.05) is 20.3 Å². The zero-order valence-electron chi connectivity index (χ0n) is 5.39. The molecule has 45 valence electrons. The molecule has 0 aliphatic carbocycles. The molecule has 0 rings (SSSR count). The Balaban J connectivity index is -0.000000125. The number of aliphatic hydroxyl groups excluding tert-OH is 1. The average Bonchev–Trinajstić information content (AvgIpc) is 1.65. The van der Waals surface area contributed by atoms with Crippen molar-refractivity contribution in [2.75, 3.05) is 0 Å². The molecule has 0 spiro atoms. The first-order valence-corrected chi connectivity index (χ1v) is 2.28. The molecule has 0 aliphatic heterocycles. The predicted octanol–water partition coefficient (Wildman–Crippen LogP) is 1.57. The van der Waals surface area contributed by atoms with Gasteiger partial charge in [0.15, 0.2) is 0 Å². The summed E-state index contributed by atoms with van der Waals surface area (Å²) in [6.07, 6.45) is 1.02. The minimum absolute atomic E-state index is 0. The normalized spacial score (nSPS) is 10.9. The third-order valence-electron chi connectivity index (χ3n) is 0.898. The fourth-order valence-electron chi connectivity index (χ4n) is 0.105. The van der Waals surface area contributed by atoms with Gasteiger partial charge in [-0.2, -0.15) is 0 Å². The van der Waals surface area contributed by atoms with E-state index in [-0.39, 0.29) is 75.2 Å². The Labute approximate surface area is 111 Å². The summed E-state index contributed by atoms with van der Waals surface area (Å²) in [5.41, 5.74) is 0. The molecule has 0 bridgehead atoms. The first kappa shape index (κ1) is 16.8. The van der Waals surface area contributed by atoms with E-state index in [1.807, 2.05) is 13.8 Å². The molecule has 0 amide bonds. The Kier molecular flexibility index (Phi) is 25.6. The van der Waals surface area contributed by atoms with Crippen LogP contribution in [0.3, 0.4) is 0 Å². The molecule has 0 aromatic carbocycles. The summed E-state index contributed by atoms with van der Waals surface area (Å²) in [7, 11) is 0. The van der Waals surface area contributed by atoms with Crippen molar-refractivity contribution in [1.82, 2.24) is 0 Å². The van der Waals surface area contributed by atoms with Crippen LogP contribution in [-0.2, 0) is 0 Å². The van der Waals surface area contributed by atoms with Crippen molar-refractivity contribution in [2.24, 2.45) is 5.92 Å². The van der Waals surface area contributed by atoms with Crippen molar-refractivity contribution in [3.05, 3.63) is 6.61 Å². The maximum atomic E-state index is 8.21. The van der Waals surface area contributed by atoms with Crippen molar-refractivity contribution in [2.45, 2.75) is 20.3 Å². The van der Waals surface area contributed by atoms with Crippen LogP contribution >= 0.6 is 0 Å². The maximum Gasteiger partial charge on any atom is 0 e. The Hall–Kier alpha value is 2.45. The molecule has 1 atom stereocenters. The van der Waals surface area contributed by atoms with Crippen molar-refractivity contribution in [1.29, 1.82) is 0 Å². The monoisotopic (exact) mass is 552 g/mol. The third kappa shape index (κ3) is 11.3.